The zero-order valence-electron chi connectivity index (χ0n) is 17.7. The van der Waals surface area contributed by atoms with Gasteiger partial charge in [0, 0.05) is 38.6 Å². The summed E-state index contributed by atoms with van der Waals surface area (Å²) in [7, 11) is 0. The number of carbonyl (C=O) groups is 2. The molecule has 30 heavy (non-hydrogen) atoms. The van der Waals surface area contributed by atoms with Gasteiger partial charge in [-0.05, 0) is 69.7 Å². The second kappa shape index (κ2) is 11.2. The Morgan fingerprint density at radius 1 is 1.10 bits per heavy atom. The maximum Gasteiger partial charge on any atom is 0.242 e. The number of hydrogen-bond acceptors (Lipinski definition) is 3. The minimum Gasteiger partial charge on any atom is -0.350 e. The third-order valence-electron chi connectivity index (χ3n) is 4.33. The SMILES string of the molecule is CC(C(=O)NC(C)(C)C)N(Cc1ccc(Br)cc1)C(=O)CCSc1ccc(Cl)cc1. The first-order valence-corrected chi connectivity index (χ1v) is 11.9. The summed E-state index contributed by atoms with van der Waals surface area (Å²) < 4.78 is 0.974. The first-order valence-electron chi connectivity index (χ1n) is 9.79. The van der Waals surface area contributed by atoms with E-state index >= 15 is 0 Å². The number of carbonyl (C=O) groups excluding carboxylic acids is 2. The van der Waals surface area contributed by atoms with E-state index in [0.29, 0.717) is 23.7 Å². The molecule has 1 unspecified atom stereocenters. The van der Waals surface area contributed by atoms with Gasteiger partial charge in [-0.3, -0.25) is 9.59 Å². The number of thioether (sulfide) groups is 1. The van der Waals surface area contributed by atoms with Gasteiger partial charge in [-0.2, -0.15) is 0 Å². The number of amides is 2. The van der Waals surface area contributed by atoms with Crippen LogP contribution in [0.15, 0.2) is 57.9 Å². The smallest absolute Gasteiger partial charge is 0.242 e. The van der Waals surface area contributed by atoms with Crippen LogP contribution in [0, 0.1) is 0 Å². The van der Waals surface area contributed by atoms with E-state index in [0.717, 1.165) is 14.9 Å². The third-order valence-corrected chi connectivity index (χ3v) is 6.12. The van der Waals surface area contributed by atoms with Crippen LogP contribution in [-0.2, 0) is 16.1 Å². The maximum absolute atomic E-state index is 13.1. The molecule has 0 spiro atoms. The van der Waals surface area contributed by atoms with Crippen molar-refractivity contribution in [3.8, 4) is 0 Å². The van der Waals surface area contributed by atoms with Crippen molar-refractivity contribution in [2.24, 2.45) is 0 Å². The minimum atomic E-state index is -0.569. The van der Waals surface area contributed by atoms with Crippen LogP contribution in [0.2, 0.25) is 5.02 Å². The topological polar surface area (TPSA) is 49.4 Å². The predicted molar refractivity (Wildman–Crippen MR) is 129 cm³/mol. The van der Waals surface area contributed by atoms with Crippen molar-refractivity contribution in [2.75, 3.05) is 5.75 Å². The zero-order chi connectivity index (χ0) is 22.3. The summed E-state index contributed by atoms with van der Waals surface area (Å²) in [6.07, 6.45) is 0.344. The summed E-state index contributed by atoms with van der Waals surface area (Å²) in [6, 6.07) is 14.8. The Hall–Kier alpha value is -1.50. The summed E-state index contributed by atoms with van der Waals surface area (Å²) in [4.78, 5) is 28.5. The highest BCUT2D eigenvalue weighted by molar-refractivity contribution is 9.10. The molecular weight excluding hydrogens is 484 g/mol. The van der Waals surface area contributed by atoms with Crippen LogP contribution >= 0.6 is 39.3 Å². The Labute approximate surface area is 196 Å². The van der Waals surface area contributed by atoms with E-state index in [-0.39, 0.29) is 17.4 Å². The zero-order valence-corrected chi connectivity index (χ0v) is 20.9. The fraction of sp³-hybridized carbons (Fsp3) is 0.391. The second-order valence-electron chi connectivity index (χ2n) is 8.12. The van der Waals surface area contributed by atoms with E-state index in [9.17, 15) is 9.59 Å². The normalized spacial score (nSPS) is 12.3. The van der Waals surface area contributed by atoms with Gasteiger partial charge in [-0.15, -0.1) is 11.8 Å². The van der Waals surface area contributed by atoms with Crippen LogP contribution in [-0.4, -0.2) is 34.0 Å². The van der Waals surface area contributed by atoms with Crippen molar-refractivity contribution in [2.45, 2.75) is 57.1 Å². The number of rotatable bonds is 8. The first kappa shape index (κ1) is 24.8. The first-order chi connectivity index (χ1) is 14.0. The second-order valence-corrected chi connectivity index (χ2v) is 10.6. The highest BCUT2D eigenvalue weighted by Crippen LogP contribution is 2.22. The molecule has 7 heteroatoms. The molecule has 2 rings (SSSR count). The average molecular weight is 512 g/mol. The molecule has 0 bridgehead atoms. The Morgan fingerprint density at radius 3 is 2.27 bits per heavy atom. The van der Waals surface area contributed by atoms with Gasteiger partial charge in [0.2, 0.25) is 11.8 Å². The minimum absolute atomic E-state index is 0.0454. The molecular formula is C23H28BrClN2O2S. The molecule has 0 saturated heterocycles. The third kappa shape index (κ3) is 8.32. The van der Waals surface area contributed by atoms with Crippen LogP contribution < -0.4 is 5.32 Å². The predicted octanol–water partition coefficient (Wildman–Crippen LogP) is 5.92. The van der Waals surface area contributed by atoms with Crippen LogP contribution in [0.3, 0.4) is 0 Å². The quantitative estimate of drug-likeness (QED) is 0.448. The van der Waals surface area contributed by atoms with E-state index < -0.39 is 6.04 Å². The fourth-order valence-electron chi connectivity index (χ4n) is 2.77. The van der Waals surface area contributed by atoms with Crippen molar-refractivity contribution in [3.63, 3.8) is 0 Å². The molecule has 162 valence electrons. The molecule has 0 aliphatic rings. The molecule has 0 heterocycles. The molecule has 0 fully saturated rings. The lowest BCUT2D eigenvalue weighted by Crippen LogP contribution is -2.52. The molecule has 2 aromatic rings. The van der Waals surface area contributed by atoms with Crippen LogP contribution in [0.25, 0.3) is 0 Å². The van der Waals surface area contributed by atoms with Gasteiger partial charge < -0.3 is 10.2 Å². The number of hydrogen-bond donors (Lipinski definition) is 1. The van der Waals surface area contributed by atoms with Crippen molar-refractivity contribution in [1.29, 1.82) is 0 Å². The van der Waals surface area contributed by atoms with Gasteiger partial charge in [0.15, 0.2) is 0 Å². The monoisotopic (exact) mass is 510 g/mol. The Balaban J connectivity index is 2.08. The number of nitrogens with zero attached hydrogens (tertiary/aromatic N) is 1. The molecule has 1 N–H and O–H groups in total. The highest BCUT2D eigenvalue weighted by atomic mass is 79.9. The van der Waals surface area contributed by atoms with Crippen molar-refractivity contribution in [1.82, 2.24) is 10.2 Å². The molecule has 1 atom stereocenters. The number of nitrogens with one attached hydrogen (secondary N) is 1. The van der Waals surface area contributed by atoms with Gasteiger partial charge in [0.25, 0.3) is 0 Å². The highest BCUT2D eigenvalue weighted by Gasteiger charge is 2.28. The van der Waals surface area contributed by atoms with Crippen molar-refractivity contribution in [3.05, 3.63) is 63.6 Å². The largest absolute Gasteiger partial charge is 0.350 e. The molecule has 0 aliphatic heterocycles. The standard InChI is InChI=1S/C23H28BrClN2O2S/c1-16(22(29)26-23(2,3)4)27(15-17-5-7-18(24)8-6-17)21(28)13-14-30-20-11-9-19(25)10-12-20/h5-12,16H,13-15H2,1-4H3,(H,26,29). The van der Waals surface area contributed by atoms with Gasteiger partial charge in [-0.25, -0.2) is 0 Å². The van der Waals surface area contributed by atoms with E-state index in [1.165, 1.54) is 0 Å². The summed E-state index contributed by atoms with van der Waals surface area (Å²) in [5.74, 6) is 0.430. The Morgan fingerprint density at radius 2 is 1.70 bits per heavy atom. The van der Waals surface area contributed by atoms with Crippen LogP contribution in [0.4, 0.5) is 0 Å². The molecule has 0 aromatic heterocycles. The molecule has 2 amide bonds. The summed E-state index contributed by atoms with van der Waals surface area (Å²) in [5.41, 5.74) is 0.620. The maximum atomic E-state index is 13.1. The van der Waals surface area contributed by atoms with Crippen LogP contribution in [0.5, 0.6) is 0 Å². The lowest BCUT2D eigenvalue weighted by molar-refractivity contribution is -0.140. The van der Waals surface area contributed by atoms with Gasteiger partial charge >= 0.3 is 0 Å². The van der Waals surface area contributed by atoms with E-state index in [1.807, 2.05) is 69.3 Å². The Bertz CT molecular complexity index is 851. The summed E-state index contributed by atoms with van der Waals surface area (Å²) in [6.45, 7) is 7.96. The van der Waals surface area contributed by atoms with E-state index in [1.54, 1.807) is 23.6 Å². The molecule has 2 aromatic carbocycles. The Kier molecular flexibility index (Phi) is 9.26. The summed E-state index contributed by atoms with van der Waals surface area (Å²) in [5, 5.41) is 3.67. The average Bonchev–Trinajstić information content (AvgIpc) is 2.67. The van der Waals surface area contributed by atoms with Gasteiger partial charge in [0.1, 0.15) is 6.04 Å². The van der Waals surface area contributed by atoms with Crippen molar-refractivity contribution < 1.29 is 9.59 Å². The van der Waals surface area contributed by atoms with E-state index in [2.05, 4.69) is 21.2 Å². The molecule has 0 saturated carbocycles. The van der Waals surface area contributed by atoms with Crippen molar-refractivity contribution >= 4 is 51.1 Å². The fourth-order valence-corrected chi connectivity index (χ4v) is 4.01. The van der Waals surface area contributed by atoms with E-state index in [4.69, 9.17) is 11.6 Å². The van der Waals surface area contributed by atoms with Gasteiger partial charge in [0.05, 0.1) is 0 Å². The lowest BCUT2D eigenvalue weighted by atomic mass is 10.1. The molecule has 4 nitrogen and oxygen atoms in total. The molecule has 0 radical (unpaired) electrons. The summed E-state index contributed by atoms with van der Waals surface area (Å²) >= 11 is 11.0. The number of halogens is 2. The lowest BCUT2D eigenvalue weighted by Gasteiger charge is -2.31. The number of benzene rings is 2. The van der Waals surface area contributed by atoms with Crippen LogP contribution in [0.1, 0.15) is 39.7 Å². The molecule has 0 aliphatic carbocycles. The van der Waals surface area contributed by atoms with Gasteiger partial charge in [-0.1, -0.05) is 39.7 Å².